The molecule has 1 aromatic rings. The number of ether oxygens (including phenoxy) is 3. The fourth-order valence-electron chi connectivity index (χ4n) is 2.46. The van der Waals surface area contributed by atoms with Gasteiger partial charge in [0.1, 0.15) is 6.07 Å². The molecule has 2 N–H and O–H groups in total. The summed E-state index contributed by atoms with van der Waals surface area (Å²) >= 11 is 8.69. The molecule has 0 aromatic heterocycles. The lowest BCUT2D eigenvalue weighted by Gasteiger charge is -2.30. The molecular weight excluding hydrogens is 410 g/mol. The van der Waals surface area contributed by atoms with Crippen LogP contribution in [0.3, 0.4) is 0 Å². The van der Waals surface area contributed by atoms with Crippen LogP contribution in [0.4, 0.5) is 0 Å². The summed E-state index contributed by atoms with van der Waals surface area (Å²) in [5, 5.41) is 15.1. The number of carbonyl (C=O) groups is 1. The van der Waals surface area contributed by atoms with Crippen molar-refractivity contribution >= 4 is 39.2 Å². The van der Waals surface area contributed by atoms with Crippen molar-refractivity contribution in [1.82, 2.24) is 10.6 Å². The van der Waals surface area contributed by atoms with Gasteiger partial charge in [-0.15, -0.1) is 0 Å². The number of methoxy groups -OCH3 is 2. The van der Waals surface area contributed by atoms with E-state index in [1.54, 1.807) is 19.1 Å². The van der Waals surface area contributed by atoms with Crippen molar-refractivity contribution < 1.29 is 19.0 Å². The molecule has 1 unspecified atom stereocenters. The first-order chi connectivity index (χ1) is 11.9. The first kappa shape index (κ1) is 19.0. The number of nitrogens with one attached hydrogen (secondary N) is 2. The number of hydrogen-bond acceptors (Lipinski definition) is 6. The second kappa shape index (κ2) is 8.18. The number of hydrogen-bond donors (Lipinski definition) is 2. The molecule has 9 heteroatoms. The summed E-state index contributed by atoms with van der Waals surface area (Å²) in [6, 6.07) is 4.78. The lowest BCUT2D eigenvalue weighted by Crippen LogP contribution is -2.45. The van der Waals surface area contributed by atoms with Crippen LogP contribution in [-0.2, 0) is 9.53 Å². The minimum Gasteiger partial charge on any atom is -0.493 e. The molecule has 0 saturated carbocycles. The van der Waals surface area contributed by atoms with Crippen LogP contribution in [0.25, 0.3) is 0 Å². The average molecular weight is 426 g/mol. The van der Waals surface area contributed by atoms with E-state index in [9.17, 15) is 4.79 Å². The number of halogens is 1. The molecule has 1 atom stereocenters. The SMILES string of the molecule is COC(=O)C1=C(C)NC(=S)NC1c1cc(OC)c(OCC#N)cc1Br. The summed E-state index contributed by atoms with van der Waals surface area (Å²) in [6.07, 6.45) is 0. The quantitative estimate of drug-likeness (QED) is 0.548. The van der Waals surface area contributed by atoms with Gasteiger partial charge in [-0.2, -0.15) is 5.26 Å². The van der Waals surface area contributed by atoms with E-state index in [-0.39, 0.29) is 6.61 Å². The Morgan fingerprint density at radius 1 is 1.40 bits per heavy atom. The third-order valence-corrected chi connectivity index (χ3v) is 4.47. The summed E-state index contributed by atoms with van der Waals surface area (Å²) in [5.74, 6) is 0.374. The molecule has 0 fully saturated rings. The van der Waals surface area contributed by atoms with E-state index < -0.39 is 12.0 Å². The summed E-state index contributed by atoms with van der Waals surface area (Å²) in [4.78, 5) is 12.2. The van der Waals surface area contributed by atoms with Crippen molar-refractivity contribution in [2.24, 2.45) is 0 Å². The maximum absolute atomic E-state index is 12.2. The van der Waals surface area contributed by atoms with E-state index in [0.717, 1.165) is 0 Å². The van der Waals surface area contributed by atoms with Crippen LogP contribution in [0.5, 0.6) is 11.5 Å². The molecule has 1 aliphatic rings. The van der Waals surface area contributed by atoms with E-state index in [4.69, 9.17) is 31.7 Å². The topological polar surface area (TPSA) is 92.6 Å². The van der Waals surface area contributed by atoms with Gasteiger partial charge in [0, 0.05) is 10.2 Å². The van der Waals surface area contributed by atoms with E-state index in [1.165, 1.54) is 14.2 Å². The second-order valence-corrected chi connectivity index (χ2v) is 6.30. The van der Waals surface area contributed by atoms with Crippen LogP contribution < -0.4 is 20.1 Å². The molecule has 0 radical (unpaired) electrons. The fraction of sp³-hybridized carbons (Fsp3) is 0.312. The second-order valence-electron chi connectivity index (χ2n) is 5.03. The number of carbonyl (C=O) groups excluding carboxylic acids is 1. The highest BCUT2D eigenvalue weighted by atomic mass is 79.9. The van der Waals surface area contributed by atoms with Crippen molar-refractivity contribution in [2.45, 2.75) is 13.0 Å². The lowest BCUT2D eigenvalue weighted by atomic mass is 9.95. The first-order valence-electron chi connectivity index (χ1n) is 7.16. The summed E-state index contributed by atoms with van der Waals surface area (Å²) in [5.41, 5.74) is 1.73. The Kier molecular flexibility index (Phi) is 6.22. The number of benzene rings is 1. The Labute approximate surface area is 159 Å². The number of nitrogens with zero attached hydrogens (tertiary/aromatic N) is 1. The van der Waals surface area contributed by atoms with Gasteiger partial charge in [0.25, 0.3) is 0 Å². The van der Waals surface area contributed by atoms with Crippen LogP contribution in [0, 0.1) is 11.3 Å². The highest BCUT2D eigenvalue weighted by molar-refractivity contribution is 9.10. The van der Waals surface area contributed by atoms with Gasteiger partial charge in [0.2, 0.25) is 0 Å². The molecular formula is C16H16BrN3O4S. The fourth-order valence-corrected chi connectivity index (χ4v) is 3.28. The molecule has 0 aliphatic carbocycles. The Morgan fingerprint density at radius 3 is 2.72 bits per heavy atom. The largest absolute Gasteiger partial charge is 0.493 e. The maximum Gasteiger partial charge on any atom is 0.337 e. The minimum atomic E-state index is -0.533. The van der Waals surface area contributed by atoms with Crippen LogP contribution >= 0.6 is 28.1 Å². The molecule has 0 spiro atoms. The third-order valence-electron chi connectivity index (χ3n) is 3.56. The van der Waals surface area contributed by atoms with E-state index in [0.29, 0.717) is 37.9 Å². The van der Waals surface area contributed by atoms with Crippen LogP contribution in [0.1, 0.15) is 18.5 Å². The van der Waals surface area contributed by atoms with Crippen LogP contribution in [-0.4, -0.2) is 31.9 Å². The van der Waals surface area contributed by atoms with Crippen molar-refractivity contribution in [1.29, 1.82) is 5.26 Å². The summed E-state index contributed by atoms with van der Waals surface area (Å²) < 4.78 is 16.3. The van der Waals surface area contributed by atoms with Crippen molar-refractivity contribution in [3.05, 3.63) is 33.4 Å². The number of esters is 1. The van der Waals surface area contributed by atoms with E-state index in [2.05, 4.69) is 26.6 Å². The molecule has 7 nitrogen and oxygen atoms in total. The van der Waals surface area contributed by atoms with Gasteiger partial charge in [-0.3, -0.25) is 0 Å². The zero-order chi connectivity index (χ0) is 18.6. The molecule has 1 heterocycles. The predicted octanol–water partition coefficient (Wildman–Crippen LogP) is 2.33. The predicted molar refractivity (Wildman–Crippen MR) is 98.1 cm³/mol. The smallest absolute Gasteiger partial charge is 0.337 e. The number of allylic oxidation sites excluding steroid dienone is 1. The average Bonchev–Trinajstić information content (AvgIpc) is 2.58. The van der Waals surface area contributed by atoms with Crippen molar-refractivity contribution in [3.63, 3.8) is 0 Å². The standard InChI is InChI=1S/C16H16BrN3O4S/c1-8-13(15(21)23-3)14(20-16(25)19-8)9-6-11(22-2)12(7-10(9)17)24-5-4-18/h6-7,14H,5H2,1-3H3,(H2,19,20,25). The minimum absolute atomic E-state index is 0.107. The van der Waals surface area contributed by atoms with Crippen molar-refractivity contribution in [3.8, 4) is 17.6 Å². The molecule has 2 rings (SSSR count). The van der Waals surface area contributed by atoms with Gasteiger partial charge in [0.15, 0.2) is 23.2 Å². The lowest BCUT2D eigenvalue weighted by molar-refractivity contribution is -0.136. The Bertz CT molecular complexity index is 788. The number of thiocarbonyl (C=S) groups is 1. The highest BCUT2D eigenvalue weighted by Crippen LogP contribution is 2.39. The highest BCUT2D eigenvalue weighted by Gasteiger charge is 2.32. The number of nitriles is 1. The third kappa shape index (κ3) is 4.03. The molecule has 25 heavy (non-hydrogen) atoms. The molecule has 0 bridgehead atoms. The first-order valence-corrected chi connectivity index (χ1v) is 8.36. The van der Waals surface area contributed by atoms with Crippen LogP contribution in [0.15, 0.2) is 27.9 Å². The molecule has 1 aliphatic heterocycles. The summed E-state index contributed by atoms with van der Waals surface area (Å²) in [7, 11) is 2.82. The Balaban J connectivity index is 2.55. The van der Waals surface area contributed by atoms with Gasteiger partial charge in [-0.05, 0) is 36.8 Å². The van der Waals surface area contributed by atoms with Gasteiger partial charge < -0.3 is 24.8 Å². The Morgan fingerprint density at radius 2 is 2.12 bits per heavy atom. The Hall–Kier alpha value is -2.31. The monoisotopic (exact) mass is 425 g/mol. The molecule has 0 saturated heterocycles. The maximum atomic E-state index is 12.2. The van der Waals surface area contributed by atoms with Gasteiger partial charge >= 0.3 is 5.97 Å². The molecule has 0 amide bonds. The van der Waals surface area contributed by atoms with Gasteiger partial charge in [-0.25, -0.2) is 4.79 Å². The molecule has 132 valence electrons. The normalized spacial score (nSPS) is 16.4. The van der Waals surface area contributed by atoms with Gasteiger partial charge in [0.05, 0.1) is 25.8 Å². The number of rotatable bonds is 5. The molecule has 1 aromatic carbocycles. The zero-order valence-electron chi connectivity index (χ0n) is 13.8. The summed E-state index contributed by atoms with van der Waals surface area (Å²) in [6.45, 7) is 1.65. The van der Waals surface area contributed by atoms with Crippen LogP contribution in [0.2, 0.25) is 0 Å². The van der Waals surface area contributed by atoms with E-state index >= 15 is 0 Å². The zero-order valence-corrected chi connectivity index (χ0v) is 16.2. The van der Waals surface area contributed by atoms with Gasteiger partial charge in [-0.1, -0.05) is 15.9 Å². The van der Waals surface area contributed by atoms with E-state index in [1.807, 2.05) is 6.07 Å². The van der Waals surface area contributed by atoms with Crippen molar-refractivity contribution in [2.75, 3.05) is 20.8 Å².